The summed E-state index contributed by atoms with van der Waals surface area (Å²) in [5, 5.41) is 0. The lowest BCUT2D eigenvalue weighted by Gasteiger charge is -2.26. The number of thiophene rings is 1. The highest BCUT2D eigenvalue weighted by Gasteiger charge is 2.29. The Hall–Kier alpha value is -1.36. The average molecular weight is 672 g/mol. The van der Waals surface area contributed by atoms with Crippen molar-refractivity contribution in [1.29, 1.82) is 0 Å². The third-order valence-corrected chi connectivity index (χ3v) is 12.1. The molecule has 0 aliphatic carbocycles. The molecule has 1 saturated heterocycles. The minimum Gasteiger partial charge on any atom is -0.381 e. The molecule has 212 valence electrons. The van der Waals surface area contributed by atoms with Crippen molar-refractivity contribution in [2.75, 3.05) is 25.7 Å². The van der Waals surface area contributed by atoms with Gasteiger partial charge in [-0.05, 0) is 59.0 Å². The molecule has 2 aromatic heterocycles. The Kier molecular flexibility index (Phi) is 9.23. The quantitative estimate of drug-likeness (QED) is 0.391. The number of halogens is 1. The van der Waals surface area contributed by atoms with Crippen molar-refractivity contribution in [3.05, 3.63) is 34.6 Å². The van der Waals surface area contributed by atoms with Gasteiger partial charge >= 0.3 is 0 Å². The molecule has 3 aromatic rings. The van der Waals surface area contributed by atoms with Crippen LogP contribution in [0, 0.1) is 5.92 Å². The molecule has 1 aromatic carbocycles. The Morgan fingerprint density at radius 1 is 1.08 bits per heavy atom. The highest BCUT2D eigenvalue weighted by atomic mass is 79.9. The predicted octanol–water partition coefficient (Wildman–Crippen LogP) is 4.32. The van der Waals surface area contributed by atoms with Gasteiger partial charge in [-0.3, -0.25) is 4.55 Å². The fraction of sp³-hybridized carbons (Fsp3) is 0.522. The molecule has 15 heteroatoms. The first-order chi connectivity index (χ1) is 17.3. The first-order valence-electron chi connectivity index (χ1n) is 11.5. The van der Waals surface area contributed by atoms with Crippen LogP contribution in [-0.4, -0.2) is 65.1 Å². The molecule has 38 heavy (non-hydrogen) atoms. The third kappa shape index (κ3) is 7.64. The minimum atomic E-state index is -3.93. The van der Waals surface area contributed by atoms with Crippen LogP contribution in [0.5, 0.6) is 0 Å². The molecule has 0 spiro atoms. The van der Waals surface area contributed by atoms with Gasteiger partial charge < -0.3 is 9.30 Å². The molecule has 0 atom stereocenters. The molecule has 1 aliphatic rings. The van der Waals surface area contributed by atoms with Crippen LogP contribution in [0.25, 0.3) is 11.0 Å². The number of sulfone groups is 2. The van der Waals surface area contributed by atoms with Gasteiger partial charge in [0.1, 0.15) is 14.2 Å². The van der Waals surface area contributed by atoms with Crippen molar-refractivity contribution in [2.24, 2.45) is 5.92 Å². The van der Waals surface area contributed by atoms with Gasteiger partial charge in [-0.1, -0.05) is 20.8 Å². The lowest BCUT2D eigenvalue weighted by Crippen LogP contribution is -2.25. The van der Waals surface area contributed by atoms with E-state index in [-0.39, 0.29) is 23.2 Å². The molecule has 0 amide bonds. The molecule has 0 bridgehead atoms. The summed E-state index contributed by atoms with van der Waals surface area (Å²) in [6.45, 7) is 8.63. The molecule has 0 unspecified atom stereocenters. The van der Waals surface area contributed by atoms with Crippen molar-refractivity contribution < 1.29 is 34.5 Å². The van der Waals surface area contributed by atoms with Gasteiger partial charge in [-0.15, -0.1) is 11.3 Å². The summed E-state index contributed by atoms with van der Waals surface area (Å²) >= 11 is 3.98. The number of fused-ring (bicyclic) bond motifs is 1. The topological polar surface area (TPSA) is 150 Å². The SMILES string of the molecule is CC(C)(C)c1nc2cc(S(=O)(=O)c3sc(S(C)(=O)=O)cc3Br)ccc2n1CC1CCOCC1.CS(=O)(=O)O. The Bertz CT molecular complexity index is 1640. The lowest BCUT2D eigenvalue weighted by atomic mass is 9.94. The Balaban J connectivity index is 0.000000732. The van der Waals surface area contributed by atoms with Gasteiger partial charge in [0.15, 0.2) is 9.84 Å². The van der Waals surface area contributed by atoms with E-state index >= 15 is 0 Å². The Labute approximate surface area is 236 Å². The van der Waals surface area contributed by atoms with Gasteiger partial charge in [-0.2, -0.15) is 8.42 Å². The number of ether oxygens (including phenoxy) is 1. The number of hydrogen-bond acceptors (Lipinski definition) is 9. The van der Waals surface area contributed by atoms with Crippen LogP contribution in [0.1, 0.15) is 39.4 Å². The molecule has 0 radical (unpaired) electrons. The third-order valence-electron chi connectivity index (χ3n) is 5.72. The van der Waals surface area contributed by atoms with Crippen molar-refractivity contribution in [2.45, 2.75) is 58.9 Å². The molecular weight excluding hydrogens is 640 g/mol. The van der Waals surface area contributed by atoms with Crippen LogP contribution in [-0.2, 0) is 46.5 Å². The van der Waals surface area contributed by atoms with Crippen LogP contribution < -0.4 is 0 Å². The van der Waals surface area contributed by atoms with Gasteiger partial charge in [0.2, 0.25) is 9.84 Å². The summed E-state index contributed by atoms with van der Waals surface area (Å²) in [5.41, 5.74) is 1.29. The largest absolute Gasteiger partial charge is 0.381 e. The van der Waals surface area contributed by atoms with Crippen molar-refractivity contribution in [1.82, 2.24) is 9.55 Å². The lowest BCUT2D eigenvalue weighted by molar-refractivity contribution is 0.0611. The zero-order valence-electron chi connectivity index (χ0n) is 21.6. The number of hydrogen-bond donors (Lipinski definition) is 1. The van der Waals surface area contributed by atoms with Gasteiger partial charge in [-0.25, -0.2) is 21.8 Å². The molecular formula is C23H31BrN2O8S4. The van der Waals surface area contributed by atoms with E-state index in [2.05, 4.69) is 41.3 Å². The first kappa shape index (κ1) is 31.2. The second-order valence-corrected chi connectivity index (χ2v) is 18.0. The van der Waals surface area contributed by atoms with E-state index in [4.69, 9.17) is 14.3 Å². The van der Waals surface area contributed by atoms with E-state index < -0.39 is 29.8 Å². The summed E-state index contributed by atoms with van der Waals surface area (Å²) in [7, 11) is -11.1. The number of imidazole rings is 1. The fourth-order valence-corrected chi connectivity index (χ4v) is 9.34. The van der Waals surface area contributed by atoms with Crippen LogP contribution >= 0.6 is 27.3 Å². The highest BCUT2D eigenvalue weighted by Crippen LogP contribution is 2.38. The second kappa shape index (κ2) is 11.3. The van der Waals surface area contributed by atoms with Crippen LogP contribution in [0.15, 0.2) is 42.1 Å². The summed E-state index contributed by atoms with van der Waals surface area (Å²) < 4.78 is 84.4. The predicted molar refractivity (Wildman–Crippen MR) is 150 cm³/mol. The van der Waals surface area contributed by atoms with Crippen molar-refractivity contribution in [3.8, 4) is 0 Å². The van der Waals surface area contributed by atoms with E-state index in [1.54, 1.807) is 12.1 Å². The van der Waals surface area contributed by atoms with E-state index in [1.807, 2.05) is 6.07 Å². The zero-order valence-corrected chi connectivity index (χ0v) is 26.5. The second-order valence-electron chi connectivity index (χ2n) is 10.2. The molecule has 10 nitrogen and oxygen atoms in total. The van der Waals surface area contributed by atoms with Crippen molar-refractivity contribution in [3.63, 3.8) is 0 Å². The smallest absolute Gasteiger partial charge is 0.261 e. The van der Waals surface area contributed by atoms with E-state index in [0.717, 1.165) is 61.5 Å². The molecule has 1 N–H and O–H groups in total. The maximum Gasteiger partial charge on any atom is 0.261 e. The summed E-state index contributed by atoms with van der Waals surface area (Å²) in [6, 6.07) is 6.32. The Morgan fingerprint density at radius 2 is 1.66 bits per heavy atom. The number of benzene rings is 1. The molecule has 0 saturated carbocycles. The van der Waals surface area contributed by atoms with Crippen LogP contribution in [0.4, 0.5) is 0 Å². The van der Waals surface area contributed by atoms with Crippen LogP contribution in [0.3, 0.4) is 0 Å². The summed E-state index contributed by atoms with van der Waals surface area (Å²) in [6.07, 6.45) is 3.76. The summed E-state index contributed by atoms with van der Waals surface area (Å²) in [4.78, 5) is 4.94. The number of aromatic nitrogens is 2. The van der Waals surface area contributed by atoms with Gasteiger partial charge in [0.05, 0.1) is 22.2 Å². The minimum absolute atomic E-state index is 0.00443. The van der Waals surface area contributed by atoms with E-state index in [1.165, 1.54) is 6.07 Å². The molecule has 3 heterocycles. The maximum atomic E-state index is 13.4. The first-order valence-corrected chi connectivity index (χ1v) is 18.4. The fourth-order valence-electron chi connectivity index (χ4n) is 4.03. The number of nitrogens with zero attached hydrogens (tertiary/aromatic N) is 2. The number of rotatable bonds is 5. The standard InChI is InChI=1S/C22H27BrN2O5S3.CH4O3S/c1-22(2,3)21-24-17-11-15(5-6-18(17)25(21)13-14-7-9-30-10-8-14)33(28,29)20-16(23)12-19(31-20)32(4,26)27;1-5(2,3)4/h5-6,11-12,14H,7-10,13H2,1-4H3;1H3,(H,2,3,4). The van der Waals surface area contributed by atoms with Crippen molar-refractivity contribution >= 4 is 68.1 Å². The Morgan fingerprint density at radius 3 is 2.16 bits per heavy atom. The van der Waals surface area contributed by atoms with E-state index in [0.29, 0.717) is 17.7 Å². The van der Waals surface area contributed by atoms with Gasteiger partial charge in [0.25, 0.3) is 10.1 Å². The zero-order chi connectivity index (χ0) is 28.7. The van der Waals surface area contributed by atoms with Crippen LogP contribution in [0.2, 0.25) is 0 Å². The molecule has 4 rings (SSSR count). The highest BCUT2D eigenvalue weighted by molar-refractivity contribution is 9.10. The van der Waals surface area contributed by atoms with Gasteiger partial charge in [0, 0.05) is 35.9 Å². The molecule has 1 fully saturated rings. The molecule has 1 aliphatic heterocycles. The normalized spacial score (nSPS) is 15.9. The monoisotopic (exact) mass is 670 g/mol. The van der Waals surface area contributed by atoms with E-state index in [9.17, 15) is 25.3 Å². The maximum absolute atomic E-state index is 13.4. The summed E-state index contributed by atoms with van der Waals surface area (Å²) in [5.74, 6) is 1.40. The average Bonchev–Trinajstić information content (AvgIpc) is 3.34.